The number of ether oxygens (including phenoxy) is 1. The number of rotatable bonds is 8. The van der Waals surface area contributed by atoms with Gasteiger partial charge in [-0.3, -0.25) is 4.79 Å². The third kappa shape index (κ3) is 4.72. The first kappa shape index (κ1) is 22.8. The molecule has 1 aliphatic carbocycles. The number of nitrogens with one attached hydrogen (secondary N) is 1. The van der Waals surface area contributed by atoms with Gasteiger partial charge in [-0.1, -0.05) is 62.4 Å². The smallest absolute Gasteiger partial charge is 0.407 e. The van der Waals surface area contributed by atoms with Gasteiger partial charge in [-0.15, -0.1) is 0 Å². The minimum atomic E-state index is -1.02. The second-order valence-corrected chi connectivity index (χ2v) is 9.17. The summed E-state index contributed by atoms with van der Waals surface area (Å²) in [7, 11) is 0. The molecule has 2 atom stereocenters. The molecule has 0 radical (unpaired) electrons. The van der Waals surface area contributed by atoms with Crippen LogP contribution in [0.5, 0.6) is 0 Å². The Morgan fingerprint density at radius 2 is 1.64 bits per heavy atom. The fourth-order valence-electron chi connectivity index (χ4n) is 4.65. The van der Waals surface area contributed by atoms with Crippen molar-refractivity contribution >= 4 is 18.0 Å². The number of carboxylic acid groups (broad SMARTS) is 1. The Labute approximate surface area is 193 Å². The molecule has 2 amide bonds. The quantitative estimate of drug-likeness (QED) is 0.633. The van der Waals surface area contributed by atoms with Crippen molar-refractivity contribution in [3.63, 3.8) is 0 Å². The lowest BCUT2D eigenvalue weighted by Gasteiger charge is -2.40. The molecule has 2 aliphatic rings. The molecule has 2 aromatic carbocycles. The number of amides is 2. The largest absolute Gasteiger partial charge is 0.480 e. The average Bonchev–Trinajstić information content (AvgIpc) is 3.07. The zero-order chi connectivity index (χ0) is 23.5. The predicted molar refractivity (Wildman–Crippen MR) is 124 cm³/mol. The molecule has 2 N–H and O–H groups in total. The minimum absolute atomic E-state index is 0.0697. The van der Waals surface area contributed by atoms with Crippen LogP contribution in [0.15, 0.2) is 48.5 Å². The Hall–Kier alpha value is -3.35. The molecule has 1 aliphatic heterocycles. The number of carboxylic acids is 1. The lowest BCUT2D eigenvalue weighted by molar-refractivity contribution is -0.158. The fourth-order valence-corrected chi connectivity index (χ4v) is 4.65. The van der Waals surface area contributed by atoms with E-state index in [4.69, 9.17) is 4.74 Å². The highest BCUT2D eigenvalue weighted by Gasteiger charge is 2.40. The summed E-state index contributed by atoms with van der Waals surface area (Å²) in [6.45, 7) is 4.63. The second-order valence-electron chi connectivity index (χ2n) is 9.17. The number of benzene rings is 2. The highest BCUT2D eigenvalue weighted by molar-refractivity contribution is 5.90. The van der Waals surface area contributed by atoms with Gasteiger partial charge < -0.3 is 20.1 Å². The van der Waals surface area contributed by atoms with Crippen LogP contribution in [0.4, 0.5) is 4.79 Å². The van der Waals surface area contributed by atoms with Crippen LogP contribution in [0, 0.1) is 5.92 Å². The molecule has 1 fully saturated rings. The number of aliphatic carboxylic acids is 1. The Kier molecular flexibility index (Phi) is 6.67. The van der Waals surface area contributed by atoms with Gasteiger partial charge in [0, 0.05) is 12.5 Å². The van der Waals surface area contributed by atoms with Crippen LogP contribution in [-0.2, 0) is 14.3 Å². The van der Waals surface area contributed by atoms with Gasteiger partial charge in [0.1, 0.15) is 18.7 Å². The van der Waals surface area contributed by atoms with E-state index < -0.39 is 24.1 Å². The fraction of sp³-hybridized carbons (Fsp3) is 0.423. The molecule has 0 saturated carbocycles. The van der Waals surface area contributed by atoms with Crippen LogP contribution >= 0.6 is 0 Å². The number of fused-ring (bicyclic) bond motifs is 3. The van der Waals surface area contributed by atoms with E-state index >= 15 is 0 Å². The van der Waals surface area contributed by atoms with Crippen molar-refractivity contribution in [1.29, 1.82) is 0 Å². The van der Waals surface area contributed by atoms with E-state index in [0.29, 0.717) is 25.3 Å². The third-order valence-corrected chi connectivity index (χ3v) is 6.55. The number of hydrogen-bond acceptors (Lipinski definition) is 4. The van der Waals surface area contributed by atoms with Crippen LogP contribution in [0.1, 0.15) is 50.2 Å². The molecule has 1 saturated heterocycles. The first-order valence-electron chi connectivity index (χ1n) is 11.5. The summed E-state index contributed by atoms with van der Waals surface area (Å²) in [5, 5.41) is 12.0. The first-order chi connectivity index (χ1) is 15.9. The number of alkyl carbamates (subject to hydrolysis) is 1. The molecule has 4 rings (SSSR count). The topological polar surface area (TPSA) is 95.9 Å². The van der Waals surface area contributed by atoms with Crippen molar-refractivity contribution in [1.82, 2.24) is 10.2 Å². The number of likely N-dealkylation sites (tertiary alicyclic amines) is 1. The minimum Gasteiger partial charge on any atom is -0.480 e. The van der Waals surface area contributed by atoms with Crippen molar-refractivity contribution in [3.8, 4) is 11.1 Å². The Morgan fingerprint density at radius 1 is 1.03 bits per heavy atom. The van der Waals surface area contributed by atoms with E-state index in [2.05, 4.69) is 17.4 Å². The molecule has 7 nitrogen and oxygen atoms in total. The molecule has 0 aromatic heterocycles. The molecule has 0 bridgehead atoms. The summed E-state index contributed by atoms with van der Waals surface area (Å²) in [4.78, 5) is 38.4. The molecule has 174 valence electrons. The van der Waals surface area contributed by atoms with E-state index in [-0.39, 0.29) is 18.4 Å². The third-order valence-electron chi connectivity index (χ3n) is 6.55. The van der Waals surface area contributed by atoms with Crippen molar-refractivity contribution in [3.05, 3.63) is 59.7 Å². The summed E-state index contributed by atoms with van der Waals surface area (Å²) < 4.78 is 5.60. The van der Waals surface area contributed by atoms with Crippen molar-refractivity contribution in [2.24, 2.45) is 5.92 Å². The van der Waals surface area contributed by atoms with Crippen LogP contribution in [0.25, 0.3) is 11.1 Å². The monoisotopic (exact) mass is 450 g/mol. The number of carbonyl (C=O) groups is 3. The van der Waals surface area contributed by atoms with Gasteiger partial charge in [0.05, 0.1) is 0 Å². The van der Waals surface area contributed by atoms with Gasteiger partial charge in [0.25, 0.3) is 0 Å². The van der Waals surface area contributed by atoms with Gasteiger partial charge in [-0.25, -0.2) is 9.59 Å². The average molecular weight is 451 g/mol. The zero-order valence-corrected chi connectivity index (χ0v) is 19.0. The summed E-state index contributed by atoms with van der Waals surface area (Å²) in [6.07, 6.45) is 0.935. The highest BCUT2D eigenvalue weighted by Crippen LogP contribution is 2.44. The number of nitrogens with zero attached hydrogens (tertiary/aromatic N) is 1. The zero-order valence-electron chi connectivity index (χ0n) is 19.0. The molecule has 2 aromatic rings. The summed E-state index contributed by atoms with van der Waals surface area (Å²) in [5.74, 6) is -1.10. The summed E-state index contributed by atoms with van der Waals surface area (Å²) in [6, 6.07) is 14.6. The maximum atomic E-state index is 13.0. The van der Waals surface area contributed by atoms with Crippen molar-refractivity contribution in [2.45, 2.75) is 51.1 Å². The Balaban J connectivity index is 1.42. The molecule has 33 heavy (non-hydrogen) atoms. The van der Waals surface area contributed by atoms with Crippen LogP contribution < -0.4 is 5.32 Å². The van der Waals surface area contributed by atoms with E-state index in [1.165, 1.54) is 4.90 Å². The van der Waals surface area contributed by atoms with Crippen molar-refractivity contribution in [2.75, 3.05) is 13.2 Å². The first-order valence-corrected chi connectivity index (χ1v) is 11.5. The lowest BCUT2D eigenvalue weighted by Crippen LogP contribution is -2.60. The van der Waals surface area contributed by atoms with Gasteiger partial charge in [0.2, 0.25) is 5.91 Å². The second kappa shape index (κ2) is 9.65. The van der Waals surface area contributed by atoms with Crippen LogP contribution in [0.2, 0.25) is 0 Å². The molecule has 0 spiro atoms. The standard InChI is InChI=1S/C26H30N2O5/c1-16(2)11-12-22(24(29)28-14-13-23(28)25(30)31)27-26(32)33-15-21-19-9-5-3-7-17(19)18-8-4-6-10-20(18)21/h3-10,16,21-23H,11-15H2,1-2H3,(H,27,32)(H,30,31). The van der Waals surface area contributed by atoms with Gasteiger partial charge in [-0.05, 0) is 47.4 Å². The van der Waals surface area contributed by atoms with Crippen LogP contribution in [0.3, 0.4) is 0 Å². The van der Waals surface area contributed by atoms with Gasteiger partial charge >= 0.3 is 12.1 Å². The van der Waals surface area contributed by atoms with Gasteiger partial charge in [0.15, 0.2) is 0 Å². The molecular weight excluding hydrogens is 420 g/mol. The normalized spacial score (nSPS) is 17.7. The Morgan fingerprint density at radius 3 is 2.15 bits per heavy atom. The lowest BCUT2D eigenvalue weighted by atomic mass is 9.97. The van der Waals surface area contributed by atoms with E-state index in [9.17, 15) is 19.5 Å². The Bertz CT molecular complexity index is 1000. The molecule has 7 heteroatoms. The van der Waals surface area contributed by atoms with Crippen LogP contribution in [-0.4, -0.2) is 53.2 Å². The van der Waals surface area contributed by atoms with Gasteiger partial charge in [-0.2, -0.15) is 0 Å². The summed E-state index contributed by atoms with van der Waals surface area (Å²) >= 11 is 0. The van der Waals surface area contributed by atoms with E-state index in [0.717, 1.165) is 28.7 Å². The van der Waals surface area contributed by atoms with E-state index in [1.54, 1.807) is 0 Å². The van der Waals surface area contributed by atoms with Crippen molar-refractivity contribution < 1.29 is 24.2 Å². The highest BCUT2D eigenvalue weighted by atomic mass is 16.5. The van der Waals surface area contributed by atoms with E-state index in [1.807, 2.05) is 50.2 Å². The molecule has 1 heterocycles. The molecule has 2 unspecified atom stereocenters. The summed E-state index contributed by atoms with van der Waals surface area (Å²) in [5.41, 5.74) is 4.52. The maximum Gasteiger partial charge on any atom is 0.407 e. The molecular formula is C26H30N2O5. The predicted octanol–water partition coefficient (Wildman–Crippen LogP) is 4.02. The number of hydrogen-bond donors (Lipinski definition) is 2. The maximum absolute atomic E-state index is 13.0. The SMILES string of the molecule is CC(C)CCC(NC(=O)OCC1c2ccccc2-c2ccccc21)C(=O)N1CCC1C(=O)O. The number of carbonyl (C=O) groups excluding carboxylic acids is 2.